The predicted molar refractivity (Wildman–Crippen MR) is 119 cm³/mol. The minimum absolute atomic E-state index is 0.154. The highest BCUT2D eigenvalue weighted by molar-refractivity contribution is 7.93. The monoisotopic (exact) mass is 463 g/mol. The molecule has 0 unspecified atom stereocenters. The zero-order valence-electron chi connectivity index (χ0n) is 17.0. The first-order valence-electron chi connectivity index (χ1n) is 10.2. The van der Waals surface area contributed by atoms with E-state index in [1.54, 1.807) is 54.6 Å². The van der Waals surface area contributed by atoms with Crippen molar-refractivity contribution < 1.29 is 21.6 Å². The van der Waals surface area contributed by atoms with Crippen molar-refractivity contribution >= 4 is 37.3 Å². The third-order valence-corrected chi connectivity index (χ3v) is 9.51. The highest BCUT2D eigenvalue weighted by Gasteiger charge is 2.32. The molecule has 2 fully saturated rings. The summed E-state index contributed by atoms with van der Waals surface area (Å²) in [6.45, 7) is 1.06. The van der Waals surface area contributed by atoms with E-state index in [4.69, 9.17) is 0 Å². The molecule has 1 amide bonds. The van der Waals surface area contributed by atoms with Gasteiger partial charge in [0, 0.05) is 31.2 Å². The number of hydrogen-bond donors (Lipinski definition) is 1. The molecule has 0 radical (unpaired) electrons. The average Bonchev–Trinajstić information content (AvgIpc) is 3.14. The molecule has 2 aliphatic heterocycles. The third-order valence-electron chi connectivity index (χ3n) is 5.73. The fourth-order valence-corrected chi connectivity index (χ4v) is 7.04. The van der Waals surface area contributed by atoms with Crippen LogP contribution in [0.4, 0.5) is 11.4 Å². The van der Waals surface area contributed by atoms with Gasteiger partial charge in [-0.3, -0.25) is 9.10 Å². The fourth-order valence-electron chi connectivity index (χ4n) is 3.98. The Hall–Kier alpha value is -2.43. The van der Waals surface area contributed by atoms with Crippen LogP contribution in [0.25, 0.3) is 0 Å². The van der Waals surface area contributed by atoms with Gasteiger partial charge in [-0.2, -0.15) is 4.31 Å². The second kappa shape index (κ2) is 8.60. The summed E-state index contributed by atoms with van der Waals surface area (Å²) < 4.78 is 52.3. The van der Waals surface area contributed by atoms with Crippen LogP contribution < -0.4 is 9.62 Å². The Kier molecular flexibility index (Phi) is 6.05. The summed E-state index contributed by atoms with van der Waals surface area (Å²) in [4.78, 5) is 12.9. The van der Waals surface area contributed by atoms with Gasteiger partial charge >= 0.3 is 0 Å². The van der Waals surface area contributed by atoms with Gasteiger partial charge in [0.1, 0.15) is 0 Å². The molecule has 2 saturated heterocycles. The fraction of sp³-hybridized carbons (Fsp3) is 0.381. The molecule has 0 atom stereocenters. The zero-order chi connectivity index (χ0) is 22.1. The van der Waals surface area contributed by atoms with E-state index in [0.29, 0.717) is 50.3 Å². The van der Waals surface area contributed by atoms with Crippen LogP contribution in [0.2, 0.25) is 0 Å². The van der Waals surface area contributed by atoms with Crippen molar-refractivity contribution in [2.24, 2.45) is 5.92 Å². The molecule has 0 spiro atoms. The van der Waals surface area contributed by atoms with Gasteiger partial charge in [-0.05, 0) is 55.7 Å². The Morgan fingerprint density at radius 3 is 2.16 bits per heavy atom. The molecule has 166 valence electrons. The zero-order valence-corrected chi connectivity index (χ0v) is 18.6. The van der Waals surface area contributed by atoms with Crippen LogP contribution in [0.15, 0.2) is 59.5 Å². The van der Waals surface area contributed by atoms with Gasteiger partial charge in [0.05, 0.1) is 16.3 Å². The first kappa shape index (κ1) is 21.8. The number of hydrogen-bond acceptors (Lipinski definition) is 5. The maximum absolute atomic E-state index is 12.7. The number of benzene rings is 2. The molecule has 8 nitrogen and oxygen atoms in total. The molecule has 0 aromatic heterocycles. The third kappa shape index (κ3) is 4.60. The predicted octanol–water partition coefficient (Wildman–Crippen LogP) is 2.27. The summed E-state index contributed by atoms with van der Waals surface area (Å²) in [5.74, 6) is -0.274. The number of piperidine rings is 1. The lowest BCUT2D eigenvalue weighted by Crippen LogP contribution is -2.41. The lowest BCUT2D eigenvalue weighted by molar-refractivity contribution is -0.120. The number of anilines is 2. The number of sulfonamides is 2. The quantitative estimate of drug-likeness (QED) is 0.733. The van der Waals surface area contributed by atoms with Crippen LogP contribution in [0.1, 0.15) is 19.3 Å². The maximum Gasteiger partial charge on any atom is 0.243 e. The molecule has 2 heterocycles. The van der Waals surface area contributed by atoms with Gasteiger partial charge in [0.2, 0.25) is 26.0 Å². The summed E-state index contributed by atoms with van der Waals surface area (Å²) in [5, 5.41) is 2.86. The molecule has 10 heteroatoms. The minimum Gasteiger partial charge on any atom is -0.326 e. The number of carbonyl (C=O) groups excluding carboxylic acids is 1. The second-order valence-corrected chi connectivity index (χ2v) is 11.7. The number of rotatable bonds is 5. The number of nitrogens with one attached hydrogen (secondary N) is 1. The lowest BCUT2D eigenvalue weighted by atomic mass is 9.97. The van der Waals surface area contributed by atoms with E-state index in [2.05, 4.69) is 5.32 Å². The highest BCUT2D eigenvalue weighted by Crippen LogP contribution is 2.27. The number of nitrogens with zero attached hydrogens (tertiary/aromatic N) is 2. The van der Waals surface area contributed by atoms with Crippen molar-refractivity contribution in [3.05, 3.63) is 54.6 Å². The highest BCUT2D eigenvalue weighted by atomic mass is 32.2. The second-order valence-electron chi connectivity index (χ2n) is 7.77. The van der Waals surface area contributed by atoms with Crippen LogP contribution in [0.3, 0.4) is 0 Å². The average molecular weight is 464 g/mol. The first-order valence-corrected chi connectivity index (χ1v) is 13.3. The molecule has 2 aliphatic rings. The van der Waals surface area contributed by atoms with E-state index in [1.165, 1.54) is 8.61 Å². The molecule has 1 N–H and O–H groups in total. The smallest absolute Gasteiger partial charge is 0.243 e. The molecular formula is C21H25N3O5S2. The molecule has 0 bridgehead atoms. The van der Waals surface area contributed by atoms with E-state index >= 15 is 0 Å². The maximum atomic E-state index is 12.7. The summed E-state index contributed by atoms with van der Waals surface area (Å²) >= 11 is 0. The van der Waals surface area contributed by atoms with Crippen LogP contribution in [-0.2, 0) is 24.8 Å². The van der Waals surface area contributed by atoms with E-state index in [-0.39, 0.29) is 22.5 Å². The van der Waals surface area contributed by atoms with E-state index < -0.39 is 20.0 Å². The van der Waals surface area contributed by atoms with Gasteiger partial charge in [-0.25, -0.2) is 16.8 Å². The lowest BCUT2D eigenvalue weighted by Gasteiger charge is -2.30. The van der Waals surface area contributed by atoms with Gasteiger partial charge in [0.15, 0.2) is 0 Å². The van der Waals surface area contributed by atoms with Gasteiger partial charge in [0.25, 0.3) is 0 Å². The largest absolute Gasteiger partial charge is 0.326 e. The minimum atomic E-state index is -3.54. The molecule has 2 aromatic rings. The first-order chi connectivity index (χ1) is 14.8. The Balaban J connectivity index is 1.34. The molecule has 31 heavy (non-hydrogen) atoms. The van der Waals surface area contributed by atoms with Crippen molar-refractivity contribution in [1.82, 2.24) is 4.31 Å². The van der Waals surface area contributed by atoms with Crippen molar-refractivity contribution in [2.75, 3.05) is 35.0 Å². The molecule has 4 rings (SSSR count). The van der Waals surface area contributed by atoms with Crippen LogP contribution in [0.5, 0.6) is 0 Å². The Bertz CT molecular complexity index is 1140. The van der Waals surface area contributed by atoms with Crippen molar-refractivity contribution in [2.45, 2.75) is 24.2 Å². The van der Waals surface area contributed by atoms with E-state index in [9.17, 15) is 21.6 Å². The van der Waals surface area contributed by atoms with Crippen molar-refractivity contribution in [3.63, 3.8) is 0 Å². The van der Waals surface area contributed by atoms with Crippen molar-refractivity contribution in [1.29, 1.82) is 0 Å². The summed E-state index contributed by atoms with van der Waals surface area (Å²) in [5.41, 5.74) is 1.18. The molecule has 0 saturated carbocycles. The van der Waals surface area contributed by atoms with Gasteiger partial charge < -0.3 is 5.32 Å². The Labute approximate surface area is 183 Å². The van der Waals surface area contributed by atoms with Gasteiger partial charge in [-0.1, -0.05) is 18.2 Å². The summed E-state index contributed by atoms with van der Waals surface area (Å²) in [6, 6.07) is 15.1. The molecular weight excluding hydrogens is 438 g/mol. The van der Waals surface area contributed by atoms with E-state index in [0.717, 1.165) is 0 Å². The van der Waals surface area contributed by atoms with Gasteiger partial charge in [-0.15, -0.1) is 0 Å². The Morgan fingerprint density at radius 1 is 0.935 bits per heavy atom. The van der Waals surface area contributed by atoms with Crippen LogP contribution in [-0.4, -0.2) is 52.4 Å². The summed E-state index contributed by atoms with van der Waals surface area (Å²) in [6.07, 6.45) is 1.50. The topological polar surface area (TPSA) is 104 Å². The summed E-state index contributed by atoms with van der Waals surface area (Å²) in [7, 11) is -6.78. The van der Waals surface area contributed by atoms with Crippen molar-refractivity contribution in [3.8, 4) is 0 Å². The number of carbonyl (C=O) groups is 1. The Morgan fingerprint density at radius 2 is 1.58 bits per heavy atom. The molecule has 0 aliphatic carbocycles. The standard InChI is InChI=1S/C21H25N3O5S2/c25-21(22-18-7-9-19(10-8-18)24-13-4-16-30(24,26)27)17-11-14-23(15-12-17)31(28,29)20-5-2-1-3-6-20/h1-3,5-10,17H,4,11-16H2,(H,22,25). The van der Waals surface area contributed by atoms with Crippen LogP contribution >= 0.6 is 0 Å². The normalized spacial score (nSPS) is 19.9. The SMILES string of the molecule is O=C(Nc1ccc(N2CCCS2(=O)=O)cc1)C1CCN(S(=O)(=O)c2ccccc2)CC1. The number of amides is 1. The van der Waals surface area contributed by atoms with Crippen LogP contribution in [0, 0.1) is 5.92 Å². The van der Waals surface area contributed by atoms with E-state index in [1.807, 2.05) is 0 Å². The molecule has 2 aromatic carbocycles.